The molecule has 0 radical (unpaired) electrons. The molecule has 1 N–H and O–H groups in total. The maximum absolute atomic E-state index is 11.1. The van der Waals surface area contributed by atoms with Gasteiger partial charge in [0.2, 0.25) is 0 Å². The van der Waals surface area contributed by atoms with E-state index in [1.54, 1.807) is 0 Å². The molecule has 1 nitrogen and oxygen atoms in total. The Labute approximate surface area is 120 Å². The van der Waals surface area contributed by atoms with Crippen molar-refractivity contribution in [2.75, 3.05) is 11.5 Å². The van der Waals surface area contributed by atoms with Gasteiger partial charge in [0.1, 0.15) is 0 Å². The van der Waals surface area contributed by atoms with E-state index in [1.165, 1.54) is 24.8 Å². The average molecular weight is 276 g/mol. The maximum Gasteiger partial charge on any atom is 0.0992 e. The van der Waals surface area contributed by atoms with E-state index in [-0.39, 0.29) is 5.41 Å². The minimum atomic E-state index is -0.633. The highest BCUT2D eigenvalue weighted by atomic mass is 32.2. The van der Waals surface area contributed by atoms with Crippen molar-refractivity contribution in [2.45, 2.75) is 51.0 Å². The zero-order valence-electron chi connectivity index (χ0n) is 12.0. The van der Waals surface area contributed by atoms with Crippen LogP contribution in [0.2, 0.25) is 0 Å². The molecular weight excluding hydrogens is 252 g/mol. The van der Waals surface area contributed by atoms with Gasteiger partial charge >= 0.3 is 0 Å². The van der Waals surface area contributed by atoms with Crippen LogP contribution in [-0.4, -0.2) is 16.6 Å². The van der Waals surface area contributed by atoms with E-state index >= 15 is 0 Å². The summed E-state index contributed by atoms with van der Waals surface area (Å²) in [6, 6.07) is 8.75. The Morgan fingerprint density at radius 3 is 2.63 bits per heavy atom. The molecule has 1 saturated heterocycles. The van der Waals surface area contributed by atoms with E-state index in [0.29, 0.717) is 0 Å². The van der Waals surface area contributed by atoms with Crippen LogP contribution in [0.1, 0.15) is 56.6 Å². The van der Waals surface area contributed by atoms with E-state index in [1.807, 2.05) is 11.8 Å². The second kappa shape index (κ2) is 4.82. The van der Waals surface area contributed by atoms with Gasteiger partial charge in [0.25, 0.3) is 0 Å². The van der Waals surface area contributed by atoms with Gasteiger partial charge in [0, 0.05) is 5.75 Å². The van der Waals surface area contributed by atoms with Crippen LogP contribution in [0.5, 0.6) is 0 Å². The van der Waals surface area contributed by atoms with Crippen molar-refractivity contribution < 1.29 is 5.11 Å². The SMILES string of the molecule is CC1(C)CSCC(O)(c2cccc(C3CCC3)c2)C1. The molecule has 1 atom stereocenters. The third-order valence-corrected chi connectivity index (χ3v) is 6.27. The van der Waals surface area contributed by atoms with Crippen LogP contribution in [0, 0.1) is 5.41 Å². The maximum atomic E-state index is 11.1. The largest absolute Gasteiger partial charge is 0.384 e. The third-order valence-electron chi connectivity index (χ3n) is 4.61. The highest BCUT2D eigenvalue weighted by molar-refractivity contribution is 7.99. The Kier molecular flexibility index (Phi) is 3.43. The van der Waals surface area contributed by atoms with Gasteiger partial charge in [-0.05, 0) is 47.5 Å². The van der Waals surface area contributed by atoms with Crippen LogP contribution in [0.15, 0.2) is 24.3 Å². The molecule has 104 valence electrons. The molecule has 1 unspecified atom stereocenters. The van der Waals surface area contributed by atoms with E-state index in [4.69, 9.17) is 0 Å². The predicted molar refractivity (Wildman–Crippen MR) is 82.7 cm³/mol. The number of benzene rings is 1. The van der Waals surface area contributed by atoms with Gasteiger partial charge in [-0.2, -0.15) is 11.8 Å². The van der Waals surface area contributed by atoms with Gasteiger partial charge in [-0.15, -0.1) is 0 Å². The summed E-state index contributed by atoms with van der Waals surface area (Å²) in [4.78, 5) is 0. The molecule has 0 spiro atoms. The van der Waals surface area contributed by atoms with Crippen LogP contribution in [0.4, 0.5) is 0 Å². The van der Waals surface area contributed by atoms with Gasteiger partial charge in [0.15, 0.2) is 0 Å². The Balaban J connectivity index is 1.87. The molecular formula is C17H24OS. The highest BCUT2D eigenvalue weighted by Crippen LogP contribution is 2.45. The highest BCUT2D eigenvalue weighted by Gasteiger charge is 2.40. The number of hydrogen-bond donors (Lipinski definition) is 1. The van der Waals surface area contributed by atoms with E-state index < -0.39 is 5.60 Å². The van der Waals surface area contributed by atoms with Crippen LogP contribution in [0.25, 0.3) is 0 Å². The summed E-state index contributed by atoms with van der Waals surface area (Å²) in [5, 5.41) is 11.1. The standard InChI is InChI=1S/C17H24OS/c1-16(2)10-17(18,12-19-11-16)15-8-4-7-14(9-15)13-5-3-6-13/h4,7-9,13,18H,3,5-6,10-12H2,1-2H3. The molecule has 3 rings (SSSR count). The fourth-order valence-corrected chi connectivity index (χ4v) is 4.76. The van der Waals surface area contributed by atoms with Crippen LogP contribution in [-0.2, 0) is 5.60 Å². The van der Waals surface area contributed by atoms with Crippen molar-refractivity contribution in [3.8, 4) is 0 Å². The van der Waals surface area contributed by atoms with Crippen molar-refractivity contribution in [1.82, 2.24) is 0 Å². The molecule has 2 aliphatic rings. The summed E-state index contributed by atoms with van der Waals surface area (Å²) < 4.78 is 0. The lowest BCUT2D eigenvalue weighted by Crippen LogP contribution is -2.40. The fourth-order valence-electron chi connectivity index (χ4n) is 3.40. The van der Waals surface area contributed by atoms with Crippen molar-refractivity contribution in [2.24, 2.45) is 5.41 Å². The van der Waals surface area contributed by atoms with Gasteiger partial charge in [-0.25, -0.2) is 0 Å². The van der Waals surface area contributed by atoms with Crippen molar-refractivity contribution in [1.29, 1.82) is 0 Å². The van der Waals surface area contributed by atoms with Crippen LogP contribution < -0.4 is 0 Å². The summed E-state index contributed by atoms with van der Waals surface area (Å²) in [6.07, 6.45) is 4.88. The first-order valence-electron chi connectivity index (χ1n) is 7.39. The molecule has 19 heavy (non-hydrogen) atoms. The lowest BCUT2D eigenvalue weighted by molar-refractivity contribution is 0.0155. The lowest BCUT2D eigenvalue weighted by Gasteiger charge is -2.41. The molecule has 1 aromatic carbocycles. The summed E-state index contributed by atoms with van der Waals surface area (Å²) in [7, 11) is 0. The van der Waals surface area contributed by atoms with Crippen molar-refractivity contribution in [3.63, 3.8) is 0 Å². The smallest absolute Gasteiger partial charge is 0.0992 e. The number of hydrogen-bond acceptors (Lipinski definition) is 2. The molecule has 1 saturated carbocycles. The zero-order valence-corrected chi connectivity index (χ0v) is 12.8. The number of thioether (sulfide) groups is 1. The molecule has 2 heteroatoms. The molecule has 2 fully saturated rings. The number of rotatable bonds is 2. The zero-order chi connectivity index (χ0) is 13.5. The van der Waals surface area contributed by atoms with Gasteiger partial charge in [0.05, 0.1) is 5.60 Å². The molecule has 1 heterocycles. The molecule has 0 amide bonds. The Morgan fingerprint density at radius 1 is 1.21 bits per heavy atom. The van der Waals surface area contributed by atoms with Crippen molar-refractivity contribution in [3.05, 3.63) is 35.4 Å². The summed E-state index contributed by atoms with van der Waals surface area (Å²) >= 11 is 1.89. The predicted octanol–water partition coefficient (Wildman–Crippen LogP) is 4.30. The Morgan fingerprint density at radius 2 is 2.00 bits per heavy atom. The van der Waals surface area contributed by atoms with Gasteiger partial charge in [-0.1, -0.05) is 44.5 Å². The monoisotopic (exact) mass is 276 g/mol. The van der Waals surface area contributed by atoms with Crippen LogP contribution in [0.3, 0.4) is 0 Å². The molecule has 1 aliphatic heterocycles. The summed E-state index contributed by atoms with van der Waals surface area (Å²) in [5.74, 6) is 2.73. The lowest BCUT2D eigenvalue weighted by atomic mass is 9.75. The minimum Gasteiger partial charge on any atom is -0.384 e. The first-order chi connectivity index (χ1) is 8.99. The second-order valence-corrected chi connectivity index (χ2v) is 8.10. The third kappa shape index (κ3) is 2.71. The van der Waals surface area contributed by atoms with E-state index in [0.717, 1.165) is 29.4 Å². The first kappa shape index (κ1) is 13.5. The Hall–Kier alpha value is -0.470. The summed E-state index contributed by atoms with van der Waals surface area (Å²) in [6.45, 7) is 4.53. The van der Waals surface area contributed by atoms with Gasteiger partial charge in [-0.3, -0.25) is 0 Å². The van der Waals surface area contributed by atoms with Gasteiger partial charge < -0.3 is 5.11 Å². The first-order valence-corrected chi connectivity index (χ1v) is 8.55. The normalized spacial score (nSPS) is 30.9. The second-order valence-electron chi connectivity index (χ2n) is 7.12. The topological polar surface area (TPSA) is 20.2 Å². The van der Waals surface area contributed by atoms with E-state index in [2.05, 4.69) is 38.1 Å². The van der Waals surface area contributed by atoms with E-state index in [9.17, 15) is 5.11 Å². The number of aliphatic hydroxyl groups is 1. The Bertz CT molecular complexity index is 464. The minimum absolute atomic E-state index is 0.226. The molecule has 0 aromatic heterocycles. The molecule has 1 aliphatic carbocycles. The van der Waals surface area contributed by atoms with Crippen LogP contribution >= 0.6 is 11.8 Å². The van der Waals surface area contributed by atoms with Crippen molar-refractivity contribution >= 4 is 11.8 Å². The summed E-state index contributed by atoms with van der Waals surface area (Å²) in [5.41, 5.74) is 2.17. The fraction of sp³-hybridized carbons (Fsp3) is 0.647. The quantitative estimate of drug-likeness (QED) is 0.869. The molecule has 0 bridgehead atoms. The average Bonchev–Trinajstić information content (AvgIpc) is 2.25. The molecule has 1 aromatic rings.